The van der Waals surface area contributed by atoms with Crippen molar-refractivity contribution in [3.05, 3.63) is 29.8 Å². The second kappa shape index (κ2) is 5.09. The standard InChI is InChI=1S/C14H17NO4S/c16-14(10-6-8-20(17,18)9-10)15-12-5-7-19-13-4-2-1-3-11(12)13/h1-4,10,12H,5-9H2,(H,15,16)/t10-,12-/m1/s1. The molecule has 1 saturated heterocycles. The number of benzene rings is 1. The van der Waals surface area contributed by atoms with Gasteiger partial charge in [0.15, 0.2) is 9.84 Å². The first kappa shape index (κ1) is 13.4. The van der Waals surface area contributed by atoms with Crippen LogP contribution in [0.5, 0.6) is 5.75 Å². The smallest absolute Gasteiger partial charge is 0.224 e. The molecule has 1 aromatic rings. The first-order chi connectivity index (χ1) is 9.55. The fourth-order valence-corrected chi connectivity index (χ4v) is 4.52. The molecule has 2 aliphatic heterocycles. The zero-order valence-corrected chi connectivity index (χ0v) is 11.9. The average molecular weight is 295 g/mol. The van der Waals surface area contributed by atoms with Crippen LogP contribution >= 0.6 is 0 Å². The van der Waals surface area contributed by atoms with Crippen molar-refractivity contribution >= 4 is 15.7 Å². The average Bonchev–Trinajstić information content (AvgIpc) is 2.80. The summed E-state index contributed by atoms with van der Waals surface area (Å²) in [6.07, 6.45) is 1.14. The summed E-state index contributed by atoms with van der Waals surface area (Å²) in [5, 5.41) is 2.97. The molecule has 0 spiro atoms. The van der Waals surface area contributed by atoms with Gasteiger partial charge in [-0.05, 0) is 12.5 Å². The Bertz CT molecular complexity index is 626. The van der Waals surface area contributed by atoms with Gasteiger partial charge in [0, 0.05) is 12.0 Å². The molecule has 2 atom stereocenters. The quantitative estimate of drug-likeness (QED) is 0.885. The molecular formula is C14H17NO4S. The molecule has 1 amide bonds. The Morgan fingerprint density at radius 1 is 1.25 bits per heavy atom. The van der Waals surface area contributed by atoms with E-state index in [2.05, 4.69) is 5.32 Å². The molecule has 20 heavy (non-hydrogen) atoms. The van der Waals surface area contributed by atoms with Crippen LogP contribution in [-0.2, 0) is 14.6 Å². The van der Waals surface area contributed by atoms with E-state index < -0.39 is 15.8 Å². The predicted molar refractivity (Wildman–Crippen MR) is 74.2 cm³/mol. The number of carbonyl (C=O) groups excluding carboxylic acids is 1. The summed E-state index contributed by atoms with van der Waals surface area (Å²) in [7, 11) is -3.03. The number of hydrogen-bond acceptors (Lipinski definition) is 4. The highest BCUT2D eigenvalue weighted by Crippen LogP contribution is 2.32. The maximum atomic E-state index is 12.2. The SMILES string of the molecule is O=C(N[C@@H]1CCOc2ccccc21)[C@@H]1CCS(=O)(=O)C1. The van der Waals surface area contributed by atoms with Crippen LogP contribution in [0.15, 0.2) is 24.3 Å². The van der Waals surface area contributed by atoms with Gasteiger partial charge in [-0.15, -0.1) is 0 Å². The Labute approximate surface area is 118 Å². The van der Waals surface area contributed by atoms with Crippen LogP contribution in [0.3, 0.4) is 0 Å². The number of amides is 1. The third-order valence-electron chi connectivity index (χ3n) is 3.88. The topological polar surface area (TPSA) is 72.5 Å². The molecule has 0 bridgehead atoms. The van der Waals surface area contributed by atoms with Gasteiger partial charge < -0.3 is 10.1 Å². The molecule has 0 unspecified atom stereocenters. The normalized spacial score (nSPS) is 27.4. The van der Waals surface area contributed by atoms with Gasteiger partial charge in [-0.2, -0.15) is 0 Å². The van der Waals surface area contributed by atoms with Crippen molar-refractivity contribution in [2.75, 3.05) is 18.1 Å². The van der Waals surface area contributed by atoms with Crippen LogP contribution in [0.25, 0.3) is 0 Å². The number of nitrogens with one attached hydrogen (secondary N) is 1. The molecule has 1 fully saturated rings. The van der Waals surface area contributed by atoms with E-state index in [-0.39, 0.29) is 23.5 Å². The molecule has 3 rings (SSSR count). The lowest BCUT2D eigenvalue weighted by atomic mass is 9.99. The van der Waals surface area contributed by atoms with Gasteiger partial charge in [-0.25, -0.2) is 8.42 Å². The number of rotatable bonds is 2. The van der Waals surface area contributed by atoms with Crippen molar-refractivity contribution in [3.8, 4) is 5.75 Å². The fraction of sp³-hybridized carbons (Fsp3) is 0.500. The molecule has 6 heteroatoms. The van der Waals surface area contributed by atoms with E-state index in [1.807, 2.05) is 24.3 Å². The molecule has 108 valence electrons. The van der Waals surface area contributed by atoms with Gasteiger partial charge in [-0.1, -0.05) is 18.2 Å². The van der Waals surface area contributed by atoms with Crippen molar-refractivity contribution in [2.24, 2.45) is 5.92 Å². The largest absolute Gasteiger partial charge is 0.493 e. The van der Waals surface area contributed by atoms with E-state index in [0.717, 1.165) is 11.3 Å². The van der Waals surface area contributed by atoms with E-state index >= 15 is 0 Å². The van der Waals surface area contributed by atoms with Crippen molar-refractivity contribution in [2.45, 2.75) is 18.9 Å². The van der Waals surface area contributed by atoms with Crippen LogP contribution in [0.4, 0.5) is 0 Å². The lowest BCUT2D eigenvalue weighted by Gasteiger charge is -2.27. The number of ether oxygens (including phenoxy) is 1. The maximum Gasteiger partial charge on any atom is 0.224 e. The van der Waals surface area contributed by atoms with E-state index in [4.69, 9.17) is 4.74 Å². The van der Waals surface area contributed by atoms with Gasteiger partial charge in [0.2, 0.25) is 5.91 Å². The molecular weight excluding hydrogens is 278 g/mol. The Kier molecular flexibility index (Phi) is 3.41. The van der Waals surface area contributed by atoms with Crippen LogP contribution in [-0.4, -0.2) is 32.4 Å². The molecule has 2 aliphatic rings. The Morgan fingerprint density at radius 2 is 2.05 bits per heavy atom. The van der Waals surface area contributed by atoms with E-state index in [1.165, 1.54) is 0 Å². The Balaban J connectivity index is 1.72. The molecule has 0 radical (unpaired) electrons. The third-order valence-corrected chi connectivity index (χ3v) is 5.65. The second-order valence-corrected chi connectivity index (χ2v) is 7.56. The highest BCUT2D eigenvalue weighted by Gasteiger charge is 2.34. The number of carbonyl (C=O) groups is 1. The van der Waals surface area contributed by atoms with Gasteiger partial charge in [0.05, 0.1) is 30.1 Å². The summed E-state index contributed by atoms with van der Waals surface area (Å²) in [6.45, 7) is 0.560. The summed E-state index contributed by atoms with van der Waals surface area (Å²) in [5.74, 6) is 0.324. The van der Waals surface area contributed by atoms with E-state index in [9.17, 15) is 13.2 Å². The highest BCUT2D eigenvalue weighted by molar-refractivity contribution is 7.91. The number of sulfone groups is 1. The zero-order chi connectivity index (χ0) is 14.2. The highest BCUT2D eigenvalue weighted by atomic mass is 32.2. The molecule has 1 aromatic carbocycles. The minimum absolute atomic E-state index is 0.0241. The van der Waals surface area contributed by atoms with Gasteiger partial charge in [0.25, 0.3) is 0 Å². The van der Waals surface area contributed by atoms with Crippen molar-refractivity contribution < 1.29 is 17.9 Å². The summed E-state index contributed by atoms with van der Waals surface area (Å²) >= 11 is 0. The molecule has 5 nitrogen and oxygen atoms in total. The third kappa shape index (κ3) is 2.65. The Morgan fingerprint density at radius 3 is 2.80 bits per heavy atom. The number of para-hydroxylation sites is 1. The molecule has 2 heterocycles. The summed E-state index contributed by atoms with van der Waals surface area (Å²) < 4.78 is 28.4. The van der Waals surface area contributed by atoms with Crippen LogP contribution in [0.1, 0.15) is 24.4 Å². The van der Waals surface area contributed by atoms with Gasteiger partial charge in [-0.3, -0.25) is 4.79 Å². The van der Waals surface area contributed by atoms with Crippen molar-refractivity contribution in [1.29, 1.82) is 0 Å². The fourth-order valence-electron chi connectivity index (χ4n) is 2.78. The lowest BCUT2D eigenvalue weighted by molar-refractivity contribution is -0.125. The molecule has 0 aliphatic carbocycles. The number of fused-ring (bicyclic) bond motifs is 1. The zero-order valence-electron chi connectivity index (χ0n) is 11.0. The Hall–Kier alpha value is -1.56. The summed E-state index contributed by atoms with van der Waals surface area (Å²) in [6, 6.07) is 7.54. The number of hydrogen-bond donors (Lipinski definition) is 1. The van der Waals surface area contributed by atoms with E-state index in [0.29, 0.717) is 19.4 Å². The molecule has 0 saturated carbocycles. The van der Waals surface area contributed by atoms with Crippen molar-refractivity contribution in [3.63, 3.8) is 0 Å². The van der Waals surface area contributed by atoms with Crippen LogP contribution in [0, 0.1) is 5.92 Å². The predicted octanol–water partition coefficient (Wildman–Crippen LogP) is 1.06. The minimum atomic E-state index is -3.03. The lowest BCUT2D eigenvalue weighted by Crippen LogP contribution is -2.36. The first-order valence-electron chi connectivity index (χ1n) is 6.78. The molecule has 0 aromatic heterocycles. The maximum absolute atomic E-state index is 12.2. The van der Waals surface area contributed by atoms with Gasteiger partial charge >= 0.3 is 0 Å². The molecule has 1 N–H and O–H groups in total. The summed E-state index contributed by atoms with van der Waals surface area (Å²) in [5.41, 5.74) is 0.966. The van der Waals surface area contributed by atoms with Gasteiger partial charge in [0.1, 0.15) is 5.75 Å². The van der Waals surface area contributed by atoms with Crippen LogP contribution < -0.4 is 10.1 Å². The van der Waals surface area contributed by atoms with Crippen molar-refractivity contribution in [1.82, 2.24) is 5.32 Å². The summed E-state index contributed by atoms with van der Waals surface area (Å²) in [4.78, 5) is 12.2. The first-order valence-corrected chi connectivity index (χ1v) is 8.60. The monoisotopic (exact) mass is 295 g/mol. The second-order valence-electron chi connectivity index (χ2n) is 5.34. The minimum Gasteiger partial charge on any atom is -0.493 e. The van der Waals surface area contributed by atoms with E-state index in [1.54, 1.807) is 0 Å². The van der Waals surface area contributed by atoms with Crippen LogP contribution in [0.2, 0.25) is 0 Å².